The Morgan fingerprint density at radius 3 is 2.94 bits per heavy atom. The van der Waals surface area contributed by atoms with Gasteiger partial charge in [-0.25, -0.2) is 4.98 Å². The van der Waals surface area contributed by atoms with Crippen molar-refractivity contribution < 1.29 is 14.3 Å². The monoisotopic (exact) mass is 253 g/mol. The van der Waals surface area contributed by atoms with Crippen LogP contribution in [0.5, 0.6) is 0 Å². The number of hydrogen-bond donors (Lipinski definition) is 2. The first-order valence-electron chi connectivity index (χ1n) is 5.62. The molecule has 0 spiro atoms. The number of amides is 2. The number of H-pyrrole nitrogens is 1. The number of aromatic nitrogens is 3. The first-order chi connectivity index (χ1) is 8.63. The predicted molar refractivity (Wildman–Crippen MR) is 60.8 cm³/mol. The van der Waals surface area contributed by atoms with Gasteiger partial charge in [0.25, 0.3) is 5.91 Å². The van der Waals surface area contributed by atoms with E-state index in [4.69, 9.17) is 4.74 Å². The second-order valence-corrected chi connectivity index (χ2v) is 3.95. The van der Waals surface area contributed by atoms with Crippen LogP contribution in [0, 0.1) is 6.92 Å². The van der Waals surface area contributed by atoms with Gasteiger partial charge in [-0.2, -0.15) is 0 Å². The number of likely N-dealkylation sites (N-methyl/N-ethyl adjacent to an activating group) is 1. The Labute approximate surface area is 104 Å². The topological polar surface area (TPSA) is 100 Å². The smallest absolute Gasteiger partial charge is 0.294 e. The number of carbonyl (C=O) groups is 2. The zero-order valence-corrected chi connectivity index (χ0v) is 10.3. The van der Waals surface area contributed by atoms with Crippen molar-refractivity contribution in [1.82, 2.24) is 25.4 Å². The highest BCUT2D eigenvalue weighted by molar-refractivity contribution is 5.95. The molecule has 1 saturated heterocycles. The minimum Gasteiger partial charge on any atom is -0.377 e. The maximum Gasteiger partial charge on any atom is 0.294 e. The predicted octanol–water partition coefficient (Wildman–Crippen LogP) is -1.30. The second kappa shape index (κ2) is 5.13. The highest BCUT2D eigenvalue weighted by Gasteiger charge is 2.34. The van der Waals surface area contributed by atoms with Crippen molar-refractivity contribution in [3.63, 3.8) is 0 Å². The molecule has 2 N–H and O–H groups in total. The maximum absolute atomic E-state index is 12.2. The van der Waals surface area contributed by atoms with Crippen molar-refractivity contribution in [3.05, 3.63) is 11.6 Å². The number of ether oxygens (including phenoxy) is 1. The van der Waals surface area contributed by atoms with Crippen LogP contribution in [0.1, 0.15) is 16.4 Å². The summed E-state index contributed by atoms with van der Waals surface area (Å²) in [6, 6.07) is -0.630. The van der Waals surface area contributed by atoms with Crippen LogP contribution in [-0.2, 0) is 9.53 Å². The Morgan fingerprint density at radius 2 is 2.33 bits per heavy atom. The summed E-state index contributed by atoms with van der Waals surface area (Å²) in [5.74, 6) is 0.0120. The first kappa shape index (κ1) is 12.5. The summed E-state index contributed by atoms with van der Waals surface area (Å²) >= 11 is 0. The molecule has 0 aromatic carbocycles. The lowest BCUT2D eigenvalue weighted by atomic mass is 10.2. The number of hydrogen-bond acceptors (Lipinski definition) is 5. The van der Waals surface area contributed by atoms with Crippen LogP contribution in [0.2, 0.25) is 0 Å². The normalized spacial score (nSPS) is 19.7. The number of aryl methyl sites for hydroxylation is 1. The molecular weight excluding hydrogens is 238 g/mol. The largest absolute Gasteiger partial charge is 0.377 e. The van der Waals surface area contributed by atoms with Gasteiger partial charge in [0.05, 0.1) is 13.2 Å². The van der Waals surface area contributed by atoms with E-state index in [1.54, 1.807) is 6.92 Å². The highest BCUT2D eigenvalue weighted by Crippen LogP contribution is 2.10. The van der Waals surface area contributed by atoms with Crippen molar-refractivity contribution >= 4 is 11.8 Å². The summed E-state index contributed by atoms with van der Waals surface area (Å²) in [5, 5.41) is 8.93. The molecule has 0 aliphatic carbocycles. The summed E-state index contributed by atoms with van der Waals surface area (Å²) in [6.07, 6.45) is 0. The molecule has 0 radical (unpaired) electrons. The van der Waals surface area contributed by atoms with Crippen LogP contribution in [0.3, 0.4) is 0 Å². The Bertz CT molecular complexity index is 458. The van der Waals surface area contributed by atoms with E-state index in [1.165, 1.54) is 11.9 Å². The number of morpholine rings is 1. The summed E-state index contributed by atoms with van der Waals surface area (Å²) in [4.78, 5) is 29.3. The van der Waals surface area contributed by atoms with E-state index in [1.807, 2.05) is 0 Å². The molecule has 1 fully saturated rings. The molecular formula is C10H15N5O3. The molecule has 0 saturated carbocycles. The van der Waals surface area contributed by atoms with Gasteiger partial charge >= 0.3 is 0 Å². The van der Waals surface area contributed by atoms with E-state index in [2.05, 4.69) is 20.5 Å². The molecule has 18 heavy (non-hydrogen) atoms. The van der Waals surface area contributed by atoms with Crippen LogP contribution in [0.25, 0.3) is 0 Å². The van der Waals surface area contributed by atoms with E-state index in [0.717, 1.165) is 0 Å². The summed E-state index contributed by atoms with van der Waals surface area (Å²) in [7, 11) is 1.52. The molecule has 1 unspecified atom stereocenters. The Kier molecular flexibility index (Phi) is 3.56. The van der Waals surface area contributed by atoms with Gasteiger partial charge in [-0.15, -0.1) is 5.10 Å². The molecule has 1 aliphatic rings. The van der Waals surface area contributed by atoms with Crippen LogP contribution in [0.15, 0.2) is 0 Å². The average molecular weight is 253 g/mol. The molecule has 0 bridgehead atoms. The SMILES string of the molecule is CNC(=O)C1COCCN1C(=O)c1n[nH]c(C)n1. The maximum atomic E-state index is 12.2. The number of nitrogens with zero attached hydrogens (tertiary/aromatic N) is 3. The minimum absolute atomic E-state index is 0.0725. The first-order valence-corrected chi connectivity index (χ1v) is 5.62. The Hall–Kier alpha value is -1.96. The van der Waals surface area contributed by atoms with Crippen LogP contribution >= 0.6 is 0 Å². The number of rotatable bonds is 2. The lowest BCUT2D eigenvalue weighted by molar-refractivity contribution is -0.130. The van der Waals surface area contributed by atoms with Crippen LogP contribution in [0.4, 0.5) is 0 Å². The molecule has 1 aliphatic heterocycles. The van der Waals surface area contributed by atoms with Gasteiger partial charge in [0.15, 0.2) is 0 Å². The number of carbonyl (C=O) groups excluding carboxylic acids is 2. The molecule has 2 amide bonds. The Morgan fingerprint density at radius 1 is 1.56 bits per heavy atom. The molecule has 8 heteroatoms. The van der Waals surface area contributed by atoms with Crippen molar-refractivity contribution in [1.29, 1.82) is 0 Å². The average Bonchev–Trinajstić information content (AvgIpc) is 2.83. The molecule has 1 atom stereocenters. The van der Waals surface area contributed by atoms with Gasteiger partial charge in [-0.1, -0.05) is 0 Å². The van der Waals surface area contributed by atoms with Crippen LogP contribution in [-0.4, -0.2) is 64.7 Å². The molecule has 98 valence electrons. The lowest BCUT2D eigenvalue weighted by Gasteiger charge is -2.33. The van der Waals surface area contributed by atoms with Gasteiger partial charge < -0.3 is 15.0 Å². The fourth-order valence-corrected chi connectivity index (χ4v) is 1.80. The second-order valence-electron chi connectivity index (χ2n) is 3.95. The van der Waals surface area contributed by atoms with Gasteiger partial charge in [0.2, 0.25) is 11.7 Å². The van der Waals surface area contributed by atoms with Gasteiger partial charge in [-0.05, 0) is 6.92 Å². The van der Waals surface area contributed by atoms with Crippen molar-refractivity contribution in [3.8, 4) is 0 Å². The van der Waals surface area contributed by atoms with Gasteiger partial charge in [-0.3, -0.25) is 14.7 Å². The van der Waals surface area contributed by atoms with Gasteiger partial charge in [0.1, 0.15) is 11.9 Å². The van der Waals surface area contributed by atoms with E-state index >= 15 is 0 Å². The van der Waals surface area contributed by atoms with Gasteiger partial charge in [0, 0.05) is 13.6 Å². The van der Waals surface area contributed by atoms with E-state index in [-0.39, 0.29) is 24.2 Å². The fraction of sp³-hybridized carbons (Fsp3) is 0.600. The molecule has 8 nitrogen and oxygen atoms in total. The molecule has 1 aromatic heterocycles. The van der Waals surface area contributed by atoms with E-state index in [0.29, 0.717) is 19.0 Å². The standard InChI is InChI=1S/C10H15N5O3/c1-6-12-8(14-13-6)10(17)15-3-4-18-5-7(15)9(16)11-2/h7H,3-5H2,1-2H3,(H,11,16)(H,12,13,14). The van der Waals surface area contributed by atoms with Crippen LogP contribution < -0.4 is 5.32 Å². The summed E-state index contributed by atoms with van der Waals surface area (Å²) < 4.78 is 5.22. The van der Waals surface area contributed by atoms with Crippen molar-refractivity contribution in [2.24, 2.45) is 0 Å². The summed E-state index contributed by atoms with van der Waals surface area (Å²) in [6.45, 7) is 2.65. The van der Waals surface area contributed by atoms with Crippen molar-refractivity contribution in [2.45, 2.75) is 13.0 Å². The molecule has 1 aromatic rings. The highest BCUT2D eigenvalue weighted by atomic mass is 16.5. The third kappa shape index (κ3) is 2.33. The Balaban J connectivity index is 2.18. The summed E-state index contributed by atoms with van der Waals surface area (Å²) in [5.41, 5.74) is 0. The zero-order chi connectivity index (χ0) is 13.1. The number of nitrogens with one attached hydrogen (secondary N) is 2. The quantitative estimate of drug-likeness (QED) is 0.682. The van der Waals surface area contributed by atoms with Crippen molar-refractivity contribution in [2.75, 3.05) is 26.8 Å². The molecule has 2 rings (SSSR count). The van der Waals surface area contributed by atoms with E-state index in [9.17, 15) is 9.59 Å². The molecule has 2 heterocycles. The van der Waals surface area contributed by atoms with E-state index < -0.39 is 6.04 Å². The lowest BCUT2D eigenvalue weighted by Crippen LogP contribution is -2.55. The zero-order valence-electron chi connectivity index (χ0n) is 10.3. The fourth-order valence-electron chi connectivity index (χ4n) is 1.80. The third-order valence-corrected chi connectivity index (χ3v) is 2.73. The number of aromatic amines is 1. The third-order valence-electron chi connectivity index (χ3n) is 2.73. The minimum atomic E-state index is -0.630.